The summed E-state index contributed by atoms with van der Waals surface area (Å²) in [5.41, 5.74) is 0. The monoisotopic (exact) mass is 344 g/mol. The van der Waals surface area contributed by atoms with Crippen molar-refractivity contribution in [3.63, 3.8) is 0 Å². The minimum Gasteiger partial charge on any atom is -0.483 e. The molecule has 4 nitrogen and oxygen atoms in total. The van der Waals surface area contributed by atoms with Crippen LogP contribution in [0.2, 0.25) is 4.34 Å². The van der Waals surface area contributed by atoms with Gasteiger partial charge >= 0.3 is 0 Å². The Balaban J connectivity index is 2.09. The maximum absolute atomic E-state index is 12.1. The van der Waals surface area contributed by atoms with Crippen molar-refractivity contribution >= 4 is 38.6 Å². The SMILES string of the molecule is CC(Oc1ccc(S(C)(=O)=O)cc1)C(=O)c1ccc(Cl)s1. The quantitative estimate of drug-likeness (QED) is 0.779. The van der Waals surface area contributed by atoms with Crippen molar-refractivity contribution in [1.82, 2.24) is 0 Å². The van der Waals surface area contributed by atoms with Crippen molar-refractivity contribution in [2.75, 3.05) is 6.26 Å². The van der Waals surface area contributed by atoms with Crippen LogP contribution in [0.15, 0.2) is 41.3 Å². The van der Waals surface area contributed by atoms with Crippen LogP contribution in [0.3, 0.4) is 0 Å². The number of ether oxygens (including phenoxy) is 1. The van der Waals surface area contributed by atoms with Crippen molar-refractivity contribution in [3.8, 4) is 5.75 Å². The lowest BCUT2D eigenvalue weighted by atomic mass is 10.2. The molecule has 0 amide bonds. The van der Waals surface area contributed by atoms with Crippen molar-refractivity contribution in [1.29, 1.82) is 0 Å². The van der Waals surface area contributed by atoms with Gasteiger partial charge in [0.05, 0.1) is 14.1 Å². The Bertz CT molecular complexity index is 748. The molecule has 1 aromatic carbocycles. The highest BCUT2D eigenvalue weighted by molar-refractivity contribution is 7.90. The summed E-state index contributed by atoms with van der Waals surface area (Å²) in [7, 11) is -3.24. The van der Waals surface area contributed by atoms with Crippen LogP contribution in [0.5, 0.6) is 5.75 Å². The van der Waals surface area contributed by atoms with Gasteiger partial charge in [-0.1, -0.05) is 11.6 Å². The predicted molar refractivity (Wildman–Crippen MR) is 83.3 cm³/mol. The van der Waals surface area contributed by atoms with Crippen LogP contribution in [-0.2, 0) is 9.84 Å². The van der Waals surface area contributed by atoms with Crippen molar-refractivity contribution in [2.24, 2.45) is 0 Å². The largest absolute Gasteiger partial charge is 0.483 e. The van der Waals surface area contributed by atoms with E-state index in [1.807, 2.05) is 0 Å². The molecule has 0 bridgehead atoms. The van der Waals surface area contributed by atoms with Crippen molar-refractivity contribution in [2.45, 2.75) is 17.9 Å². The minimum absolute atomic E-state index is 0.168. The first-order valence-corrected chi connectivity index (χ1v) is 9.12. The van der Waals surface area contributed by atoms with Gasteiger partial charge in [0.2, 0.25) is 5.78 Å². The van der Waals surface area contributed by atoms with Gasteiger partial charge < -0.3 is 4.74 Å². The van der Waals surface area contributed by atoms with E-state index in [-0.39, 0.29) is 10.7 Å². The predicted octanol–water partition coefficient (Wildman–Crippen LogP) is 3.46. The van der Waals surface area contributed by atoms with Crippen molar-refractivity contribution in [3.05, 3.63) is 45.6 Å². The minimum atomic E-state index is -3.24. The second-order valence-corrected chi connectivity index (χ2v) is 8.20. The summed E-state index contributed by atoms with van der Waals surface area (Å²) in [5.74, 6) is 0.269. The molecule has 0 aliphatic heterocycles. The Hall–Kier alpha value is -1.37. The first-order chi connectivity index (χ1) is 9.77. The van der Waals surface area contributed by atoms with Gasteiger partial charge in [0.1, 0.15) is 5.75 Å². The average molecular weight is 345 g/mol. The van der Waals surface area contributed by atoms with E-state index in [1.54, 1.807) is 19.1 Å². The molecule has 0 radical (unpaired) electrons. The van der Waals surface area contributed by atoms with E-state index in [0.717, 1.165) is 6.26 Å². The van der Waals surface area contributed by atoms with Gasteiger partial charge in [-0.3, -0.25) is 4.79 Å². The molecule has 1 atom stereocenters. The number of thiophene rings is 1. The first kappa shape index (κ1) is 16.0. The Morgan fingerprint density at radius 3 is 2.29 bits per heavy atom. The lowest BCUT2D eigenvalue weighted by Crippen LogP contribution is -2.23. The molecule has 1 heterocycles. The van der Waals surface area contributed by atoms with Crippen molar-refractivity contribution < 1.29 is 17.9 Å². The number of hydrogen-bond donors (Lipinski definition) is 0. The summed E-state index contributed by atoms with van der Waals surface area (Å²) in [6.45, 7) is 1.64. The zero-order valence-corrected chi connectivity index (χ0v) is 13.8. The van der Waals surface area contributed by atoms with E-state index >= 15 is 0 Å². The number of carbonyl (C=O) groups is 1. The van der Waals surface area contributed by atoms with Crippen LogP contribution in [0.4, 0.5) is 0 Å². The number of ketones is 1. The van der Waals surface area contributed by atoms with Gasteiger partial charge in [-0.2, -0.15) is 0 Å². The molecule has 21 heavy (non-hydrogen) atoms. The lowest BCUT2D eigenvalue weighted by molar-refractivity contribution is 0.0822. The highest BCUT2D eigenvalue weighted by Gasteiger charge is 2.19. The van der Waals surface area contributed by atoms with Gasteiger partial charge in [0.15, 0.2) is 15.9 Å². The van der Waals surface area contributed by atoms with Crippen LogP contribution in [0.25, 0.3) is 0 Å². The van der Waals surface area contributed by atoms with E-state index in [9.17, 15) is 13.2 Å². The highest BCUT2D eigenvalue weighted by Crippen LogP contribution is 2.24. The Morgan fingerprint density at radius 1 is 1.19 bits per heavy atom. The van der Waals surface area contributed by atoms with Gasteiger partial charge in [-0.15, -0.1) is 11.3 Å². The number of sulfone groups is 1. The first-order valence-electron chi connectivity index (χ1n) is 6.03. The van der Waals surface area contributed by atoms with Crippen LogP contribution in [-0.4, -0.2) is 26.6 Å². The summed E-state index contributed by atoms with van der Waals surface area (Å²) >= 11 is 7.00. The number of carbonyl (C=O) groups excluding carboxylic acids is 1. The fourth-order valence-corrected chi connectivity index (χ4v) is 3.36. The smallest absolute Gasteiger partial charge is 0.212 e. The molecule has 0 N–H and O–H groups in total. The third-order valence-electron chi connectivity index (χ3n) is 2.75. The van der Waals surface area contributed by atoms with E-state index < -0.39 is 15.9 Å². The molecule has 0 saturated carbocycles. The molecule has 0 spiro atoms. The number of rotatable bonds is 5. The average Bonchev–Trinajstić information content (AvgIpc) is 2.84. The summed E-state index contributed by atoms with van der Waals surface area (Å²) in [6, 6.07) is 9.27. The standard InChI is InChI=1S/C14H13ClO4S2/c1-9(14(16)12-7-8-13(15)20-12)19-10-3-5-11(6-4-10)21(2,17)18/h3-9H,1-2H3. The normalized spacial score (nSPS) is 12.9. The van der Waals surface area contributed by atoms with E-state index in [4.69, 9.17) is 16.3 Å². The maximum Gasteiger partial charge on any atom is 0.212 e. The number of hydrogen-bond acceptors (Lipinski definition) is 5. The molecule has 0 aliphatic rings. The van der Waals surface area contributed by atoms with Crippen LogP contribution < -0.4 is 4.74 Å². The van der Waals surface area contributed by atoms with Gasteiger partial charge in [-0.05, 0) is 43.3 Å². The van der Waals surface area contributed by atoms with Gasteiger partial charge in [-0.25, -0.2) is 8.42 Å². The molecule has 0 saturated heterocycles. The molecule has 7 heteroatoms. The molecule has 0 aliphatic carbocycles. The molecule has 2 rings (SSSR count). The molecule has 1 aromatic heterocycles. The fraction of sp³-hybridized carbons (Fsp3) is 0.214. The van der Waals surface area contributed by atoms with E-state index in [0.29, 0.717) is 15.0 Å². The summed E-state index contributed by atoms with van der Waals surface area (Å²) in [6.07, 6.45) is 0.457. The maximum atomic E-state index is 12.1. The van der Waals surface area contributed by atoms with Crippen LogP contribution in [0, 0.1) is 0 Å². The molecular weight excluding hydrogens is 332 g/mol. The van der Waals surface area contributed by atoms with Crippen LogP contribution >= 0.6 is 22.9 Å². The molecule has 2 aromatic rings. The highest BCUT2D eigenvalue weighted by atomic mass is 35.5. The lowest BCUT2D eigenvalue weighted by Gasteiger charge is -2.13. The Kier molecular flexibility index (Phi) is 4.70. The summed E-state index contributed by atoms with van der Waals surface area (Å²) in [4.78, 5) is 12.9. The van der Waals surface area contributed by atoms with E-state index in [2.05, 4.69) is 0 Å². The van der Waals surface area contributed by atoms with Crippen LogP contribution in [0.1, 0.15) is 16.6 Å². The zero-order chi connectivity index (χ0) is 15.6. The number of halogens is 1. The molecule has 112 valence electrons. The molecule has 0 fully saturated rings. The zero-order valence-electron chi connectivity index (χ0n) is 11.4. The number of benzene rings is 1. The number of Topliss-reactive ketones (excluding diaryl/α,β-unsaturated/α-hetero) is 1. The third kappa shape index (κ3) is 4.06. The van der Waals surface area contributed by atoms with E-state index in [1.165, 1.54) is 35.6 Å². The fourth-order valence-electron chi connectivity index (χ4n) is 1.67. The Labute approximate surface area is 132 Å². The molecule has 1 unspecified atom stereocenters. The second-order valence-electron chi connectivity index (χ2n) is 4.47. The summed E-state index contributed by atoms with van der Waals surface area (Å²) < 4.78 is 28.8. The van der Waals surface area contributed by atoms with Gasteiger partial charge in [0, 0.05) is 6.26 Å². The second kappa shape index (κ2) is 6.17. The summed E-state index contributed by atoms with van der Waals surface area (Å²) in [5, 5.41) is 0. The Morgan fingerprint density at radius 2 is 1.81 bits per heavy atom. The van der Waals surface area contributed by atoms with Gasteiger partial charge in [0.25, 0.3) is 0 Å². The topological polar surface area (TPSA) is 60.4 Å². The third-order valence-corrected chi connectivity index (χ3v) is 5.12. The molecular formula is C14H13ClO4S2.